The van der Waals surface area contributed by atoms with E-state index >= 15 is 0 Å². The van der Waals surface area contributed by atoms with Crippen molar-refractivity contribution in [2.45, 2.75) is 45.6 Å². The minimum atomic E-state index is 0.571. The van der Waals surface area contributed by atoms with Crippen LogP contribution < -0.4 is 0 Å². The van der Waals surface area contributed by atoms with E-state index in [4.69, 9.17) is 4.74 Å². The Morgan fingerprint density at radius 1 is 1.11 bits per heavy atom. The zero-order chi connectivity index (χ0) is 13.4. The first-order valence-corrected chi connectivity index (χ1v) is 6.70. The Morgan fingerprint density at radius 2 is 1.67 bits per heavy atom. The summed E-state index contributed by atoms with van der Waals surface area (Å²) in [6, 6.07) is 7.46. The van der Waals surface area contributed by atoms with Crippen LogP contribution in [0.15, 0.2) is 24.3 Å². The summed E-state index contributed by atoms with van der Waals surface area (Å²) in [6.07, 6.45) is 6.69. The highest BCUT2D eigenvalue weighted by Crippen LogP contribution is 2.24. The van der Waals surface area contributed by atoms with Crippen molar-refractivity contribution in [2.24, 2.45) is 5.92 Å². The molecule has 0 N–H and O–H groups in total. The molecule has 0 amide bonds. The number of carbonyl (C=O) groups is 1. The summed E-state index contributed by atoms with van der Waals surface area (Å²) in [4.78, 5) is 10.1. The zero-order valence-electron chi connectivity index (χ0n) is 11.7. The first-order valence-electron chi connectivity index (χ1n) is 6.70. The Morgan fingerprint density at radius 3 is 2.11 bits per heavy atom. The third-order valence-electron chi connectivity index (χ3n) is 3.51. The maximum Gasteiger partial charge on any atom is 0.150 e. The molecule has 0 aliphatic heterocycles. The van der Waals surface area contributed by atoms with Gasteiger partial charge in [-0.05, 0) is 38.5 Å². The average Bonchev–Trinajstić information content (AvgIpc) is 2.41. The fraction of sp³-hybridized carbons (Fsp3) is 0.562. The van der Waals surface area contributed by atoms with Crippen molar-refractivity contribution in [3.05, 3.63) is 35.4 Å². The van der Waals surface area contributed by atoms with Crippen LogP contribution in [0.3, 0.4) is 0 Å². The third kappa shape index (κ3) is 5.46. The van der Waals surface area contributed by atoms with Gasteiger partial charge in [-0.15, -0.1) is 0 Å². The van der Waals surface area contributed by atoms with Crippen LogP contribution >= 0.6 is 0 Å². The first kappa shape index (κ1) is 14.9. The van der Waals surface area contributed by atoms with Crippen molar-refractivity contribution < 1.29 is 9.53 Å². The van der Waals surface area contributed by atoms with Gasteiger partial charge in [-0.25, -0.2) is 0 Å². The Balaban J connectivity index is 0.000000180. The average molecular weight is 248 g/mol. The molecular weight excluding hydrogens is 224 g/mol. The van der Waals surface area contributed by atoms with E-state index in [1.54, 1.807) is 0 Å². The molecule has 0 heterocycles. The van der Waals surface area contributed by atoms with Crippen LogP contribution in [0, 0.1) is 12.8 Å². The van der Waals surface area contributed by atoms with Crippen molar-refractivity contribution in [3.63, 3.8) is 0 Å². The molecule has 1 aromatic carbocycles. The van der Waals surface area contributed by atoms with Crippen LogP contribution in [-0.4, -0.2) is 19.5 Å². The first-order chi connectivity index (χ1) is 8.65. The van der Waals surface area contributed by atoms with Gasteiger partial charge in [-0.2, -0.15) is 0 Å². The summed E-state index contributed by atoms with van der Waals surface area (Å²) in [7, 11) is 1.82. The van der Waals surface area contributed by atoms with Crippen LogP contribution in [0.2, 0.25) is 0 Å². The van der Waals surface area contributed by atoms with E-state index in [0.717, 1.165) is 17.8 Å². The Hall–Kier alpha value is -1.15. The summed E-state index contributed by atoms with van der Waals surface area (Å²) in [5.74, 6) is 0.941. The van der Waals surface area contributed by atoms with E-state index in [0.29, 0.717) is 6.10 Å². The molecule has 0 atom stereocenters. The van der Waals surface area contributed by atoms with Gasteiger partial charge in [-0.3, -0.25) is 4.79 Å². The summed E-state index contributed by atoms with van der Waals surface area (Å²) < 4.78 is 5.24. The number of methoxy groups -OCH3 is 1. The van der Waals surface area contributed by atoms with Gasteiger partial charge in [0.15, 0.2) is 0 Å². The number of rotatable bonds is 2. The quantitative estimate of drug-likeness (QED) is 0.739. The second-order valence-electron chi connectivity index (χ2n) is 5.15. The molecule has 1 saturated carbocycles. The fourth-order valence-electron chi connectivity index (χ4n) is 2.11. The molecule has 2 rings (SSSR count). The van der Waals surface area contributed by atoms with Crippen LogP contribution in [-0.2, 0) is 4.74 Å². The van der Waals surface area contributed by atoms with Gasteiger partial charge >= 0.3 is 0 Å². The van der Waals surface area contributed by atoms with Crippen molar-refractivity contribution in [1.29, 1.82) is 0 Å². The van der Waals surface area contributed by atoms with E-state index in [9.17, 15) is 4.79 Å². The van der Waals surface area contributed by atoms with E-state index in [1.165, 1.54) is 31.2 Å². The van der Waals surface area contributed by atoms with Crippen LogP contribution in [0.25, 0.3) is 0 Å². The molecule has 0 spiro atoms. The van der Waals surface area contributed by atoms with Crippen LogP contribution in [0.5, 0.6) is 0 Å². The van der Waals surface area contributed by atoms with Gasteiger partial charge in [0, 0.05) is 12.7 Å². The number of aryl methyl sites for hydroxylation is 1. The van der Waals surface area contributed by atoms with E-state index in [2.05, 4.69) is 6.92 Å². The van der Waals surface area contributed by atoms with Crippen molar-refractivity contribution in [3.8, 4) is 0 Å². The third-order valence-corrected chi connectivity index (χ3v) is 3.51. The van der Waals surface area contributed by atoms with Gasteiger partial charge in [0.2, 0.25) is 0 Å². The lowest BCUT2D eigenvalue weighted by molar-refractivity contribution is 0.0593. The lowest BCUT2D eigenvalue weighted by Gasteiger charge is -2.24. The highest BCUT2D eigenvalue weighted by Gasteiger charge is 2.16. The second kappa shape index (κ2) is 8.04. The molecule has 1 aliphatic rings. The topological polar surface area (TPSA) is 26.3 Å². The molecule has 1 aliphatic carbocycles. The lowest BCUT2D eigenvalue weighted by atomic mass is 9.89. The molecule has 0 radical (unpaired) electrons. The van der Waals surface area contributed by atoms with Gasteiger partial charge < -0.3 is 4.74 Å². The fourth-order valence-corrected chi connectivity index (χ4v) is 2.11. The van der Waals surface area contributed by atoms with Gasteiger partial charge in [0.1, 0.15) is 6.29 Å². The van der Waals surface area contributed by atoms with E-state index in [-0.39, 0.29) is 0 Å². The van der Waals surface area contributed by atoms with Crippen molar-refractivity contribution in [1.82, 2.24) is 0 Å². The number of carbonyl (C=O) groups excluding carboxylic acids is 1. The molecule has 2 heteroatoms. The Bertz CT molecular complexity index is 335. The minimum absolute atomic E-state index is 0.571. The molecule has 1 fully saturated rings. The minimum Gasteiger partial charge on any atom is -0.381 e. The predicted molar refractivity (Wildman–Crippen MR) is 75.0 cm³/mol. The second-order valence-corrected chi connectivity index (χ2v) is 5.15. The normalized spacial score (nSPS) is 22.8. The van der Waals surface area contributed by atoms with Gasteiger partial charge in [-0.1, -0.05) is 36.8 Å². The molecule has 2 nitrogen and oxygen atoms in total. The number of hydrogen-bond acceptors (Lipinski definition) is 2. The molecule has 1 aromatic rings. The molecule has 100 valence electrons. The van der Waals surface area contributed by atoms with Crippen LogP contribution in [0.1, 0.15) is 48.5 Å². The number of benzene rings is 1. The summed E-state index contributed by atoms with van der Waals surface area (Å²) >= 11 is 0. The molecule has 18 heavy (non-hydrogen) atoms. The SMILES string of the molecule is COC1CCC(C)CC1.Cc1ccc(C=O)cc1. The monoisotopic (exact) mass is 248 g/mol. The molecule has 0 unspecified atom stereocenters. The highest BCUT2D eigenvalue weighted by molar-refractivity contribution is 5.74. The van der Waals surface area contributed by atoms with E-state index < -0.39 is 0 Å². The maximum atomic E-state index is 10.1. The largest absolute Gasteiger partial charge is 0.381 e. The molecule has 0 bridgehead atoms. The maximum absolute atomic E-state index is 10.1. The molecule has 0 saturated heterocycles. The standard InChI is InChI=1S/C8H16O.C8H8O/c1-7-3-5-8(9-2)6-4-7;1-7-2-4-8(6-9)5-3-7/h7-8H,3-6H2,1-2H3;2-6H,1H3. The predicted octanol–water partition coefficient (Wildman–Crippen LogP) is 4.02. The smallest absolute Gasteiger partial charge is 0.150 e. The molecular formula is C16H24O2. The van der Waals surface area contributed by atoms with E-state index in [1.807, 2.05) is 38.3 Å². The molecule has 0 aromatic heterocycles. The zero-order valence-corrected chi connectivity index (χ0v) is 11.7. The summed E-state index contributed by atoms with van der Waals surface area (Å²) in [5.41, 5.74) is 1.92. The van der Waals surface area contributed by atoms with Crippen molar-refractivity contribution in [2.75, 3.05) is 7.11 Å². The summed E-state index contributed by atoms with van der Waals surface area (Å²) in [5, 5.41) is 0. The number of ether oxygens (including phenoxy) is 1. The Kier molecular flexibility index (Phi) is 6.66. The highest BCUT2D eigenvalue weighted by atomic mass is 16.5. The summed E-state index contributed by atoms with van der Waals surface area (Å²) in [6.45, 7) is 4.32. The van der Waals surface area contributed by atoms with Gasteiger partial charge in [0.05, 0.1) is 6.10 Å². The van der Waals surface area contributed by atoms with Crippen LogP contribution in [0.4, 0.5) is 0 Å². The lowest BCUT2D eigenvalue weighted by Crippen LogP contribution is -2.18. The van der Waals surface area contributed by atoms with Gasteiger partial charge in [0.25, 0.3) is 0 Å². The number of hydrogen-bond donors (Lipinski definition) is 0. The Labute approximate surface area is 110 Å². The van der Waals surface area contributed by atoms with Crippen molar-refractivity contribution >= 4 is 6.29 Å². The number of aldehydes is 1.